The van der Waals surface area contributed by atoms with E-state index in [2.05, 4.69) is 18.4 Å². The lowest BCUT2D eigenvalue weighted by Gasteiger charge is -2.29. The first-order valence-corrected chi connectivity index (χ1v) is 6.55. The number of carbonyl (C=O) groups is 1. The molecule has 0 spiro atoms. The molecule has 1 aliphatic rings. The molecular weight excluding hydrogens is 242 g/mol. The van der Waals surface area contributed by atoms with E-state index in [-0.39, 0.29) is 0 Å². The summed E-state index contributed by atoms with van der Waals surface area (Å²) in [7, 11) is 0. The maximum Gasteiger partial charge on any atom is 0.335 e. The van der Waals surface area contributed by atoms with E-state index in [1.54, 1.807) is 6.07 Å². The number of ether oxygens (including phenoxy) is 2. The van der Waals surface area contributed by atoms with Crippen LogP contribution in [0.1, 0.15) is 25.3 Å². The summed E-state index contributed by atoms with van der Waals surface area (Å²) in [5, 5.41) is 0. The monoisotopic (exact) mass is 261 g/mol. The lowest BCUT2D eigenvalue weighted by Crippen LogP contribution is -2.32. The van der Waals surface area contributed by atoms with Gasteiger partial charge in [-0.3, -0.25) is 4.90 Å². The van der Waals surface area contributed by atoms with Crippen LogP contribution in [0.4, 0.5) is 0 Å². The fourth-order valence-electron chi connectivity index (χ4n) is 2.01. The van der Waals surface area contributed by atoms with Crippen molar-refractivity contribution in [2.24, 2.45) is 0 Å². The van der Waals surface area contributed by atoms with Gasteiger partial charge in [0.1, 0.15) is 18.2 Å². The molecule has 0 unspecified atom stereocenters. The van der Waals surface area contributed by atoms with Crippen LogP contribution < -0.4 is 9.47 Å². The Morgan fingerprint density at radius 2 is 2.42 bits per heavy atom. The molecule has 1 aliphatic heterocycles. The molecule has 0 radical (unpaired) electrons. The van der Waals surface area contributed by atoms with Crippen LogP contribution in [-0.4, -0.2) is 24.1 Å². The van der Waals surface area contributed by atoms with Gasteiger partial charge in [-0.25, -0.2) is 4.79 Å². The number of fused-ring (bicyclic) bond motifs is 1. The molecular formula is C15H19NO3. The largest absolute Gasteiger partial charge is 0.478 e. The molecule has 0 aliphatic carbocycles. The molecule has 19 heavy (non-hydrogen) atoms. The highest BCUT2D eigenvalue weighted by molar-refractivity contribution is 5.83. The highest BCUT2D eigenvalue weighted by Gasteiger charge is 2.17. The molecule has 0 N–H and O–H groups in total. The van der Waals surface area contributed by atoms with Gasteiger partial charge < -0.3 is 9.47 Å². The Balaban J connectivity index is 2.06. The Bertz CT molecular complexity index is 470. The molecule has 0 bridgehead atoms. The van der Waals surface area contributed by atoms with Crippen LogP contribution in [0.3, 0.4) is 0 Å². The molecule has 102 valence electrons. The summed E-state index contributed by atoms with van der Waals surface area (Å²) in [5.41, 5.74) is 1.05. The molecule has 0 fully saturated rings. The van der Waals surface area contributed by atoms with Gasteiger partial charge in [-0.05, 0) is 24.6 Å². The van der Waals surface area contributed by atoms with E-state index in [0.29, 0.717) is 12.5 Å². The number of esters is 1. The normalized spacial score (nSPS) is 14.4. The van der Waals surface area contributed by atoms with E-state index in [9.17, 15) is 4.79 Å². The second-order valence-corrected chi connectivity index (χ2v) is 4.57. The van der Waals surface area contributed by atoms with Crippen LogP contribution in [-0.2, 0) is 11.3 Å². The quantitative estimate of drug-likeness (QED) is 0.464. The van der Waals surface area contributed by atoms with Crippen LogP contribution in [0, 0.1) is 0 Å². The maximum atomic E-state index is 11.2. The van der Waals surface area contributed by atoms with Gasteiger partial charge in [-0.1, -0.05) is 19.9 Å². The van der Waals surface area contributed by atoms with Crippen LogP contribution in [0.15, 0.2) is 30.9 Å². The number of benzene rings is 1. The highest BCUT2D eigenvalue weighted by atomic mass is 16.5. The molecule has 0 atom stereocenters. The van der Waals surface area contributed by atoms with Crippen LogP contribution in [0.2, 0.25) is 0 Å². The van der Waals surface area contributed by atoms with Gasteiger partial charge in [0.05, 0.1) is 0 Å². The summed E-state index contributed by atoms with van der Waals surface area (Å²) in [5.74, 6) is 0.954. The molecule has 4 nitrogen and oxygen atoms in total. The van der Waals surface area contributed by atoms with Gasteiger partial charge in [0.15, 0.2) is 0 Å². The first kappa shape index (κ1) is 13.6. The number of unbranched alkanes of at least 4 members (excludes halogenated alkanes) is 1. The number of rotatable bonds is 5. The second-order valence-electron chi connectivity index (χ2n) is 4.57. The van der Waals surface area contributed by atoms with Gasteiger partial charge in [0.2, 0.25) is 0 Å². The molecule has 0 saturated heterocycles. The van der Waals surface area contributed by atoms with E-state index in [4.69, 9.17) is 9.47 Å². The van der Waals surface area contributed by atoms with Gasteiger partial charge in [0, 0.05) is 24.7 Å². The summed E-state index contributed by atoms with van der Waals surface area (Å²) in [6.45, 7) is 8.03. The zero-order valence-corrected chi connectivity index (χ0v) is 11.2. The fraction of sp³-hybridized carbons (Fsp3) is 0.400. The standard InChI is InChI=1S/C15H19NO3/c1-3-5-8-16-10-12-9-13(19-15(17)4-2)6-7-14(12)18-11-16/h4,6-7,9H,2-3,5,8,10-11H2,1H3. The average molecular weight is 261 g/mol. The average Bonchev–Trinajstić information content (AvgIpc) is 2.44. The van der Waals surface area contributed by atoms with Gasteiger partial charge >= 0.3 is 5.97 Å². The third kappa shape index (κ3) is 3.58. The minimum absolute atomic E-state index is 0.445. The molecule has 1 aromatic carbocycles. The van der Waals surface area contributed by atoms with Crippen molar-refractivity contribution in [1.82, 2.24) is 4.90 Å². The minimum atomic E-state index is -0.445. The third-order valence-corrected chi connectivity index (χ3v) is 3.04. The molecule has 0 amide bonds. The smallest absolute Gasteiger partial charge is 0.335 e. The lowest BCUT2D eigenvalue weighted by molar-refractivity contribution is -0.128. The van der Waals surface area contributed by atoms with E-state index >= 15 is 0 Å². The van der Waals surface area contributed by atoms with Crippen molar-refractivity contribution in [3.63, 3.8) is 0 Å². The summed E-state index contributed by atoms with van der Waals surface area (Å²) >= 11 is 0. The predicted molar refractivity (Wildman–Crippen MR) is 73.1 cm³/mol. The van der Waals surface area contributed by atoms with Crippen molar-refractivity contribution in [2.45, 2.75) is 26.3 Å². The first-order valence-electron chi connectivity index (χ1n) is 6.55. The predicted octanol–water partition coefficient (Wildman–Crippen LogP) is 2.73. The summed E-state index contributed by atoms with van der Waals surface area (Å²) in [6.07, 6.45) is 3.48. The number of nitrogens with zero attached hydrogens (tertiary/aromatic N) is 1. The minimum Gasteiger partial charge on any atom is -0.478 e. The topological polar surface area (TPSA) is 38.8 Å². The van der Waals surface area contributed by atoms with Crippen molar-refractivity contribution in [1.29, 1.82) is 0 Å². The summed E-state index contributed by atoms with van der Waals surface area (Å²) in [6, 6.07) is 5.44. The van der Waals surface area contributed by atoms with Crippen LogP contribution in [0.5, 0.6) is 11.5 Å². The zero-order chi connectivity index (χ0) is 13.7. The number of carbonyl (C=O) groups excluding carboxylic acids is 1. The Morgan fingerprint density at radius 1 is 1.58 bits per heavy atom. The third-order valence-electron chi connectivity index (χ3n) is 3.04. The van der Waals surface area contributed by atoms with Gasteiger partial charge in [-0.2, -0.15) is 0 Å². The van der Waals surface area contributed by atoms with E-state index in [0.717, 1.165) is 36.9 Å². The first-order chi connectivity index (χ1) is 9.22. The molecule has 1 heterocycles. The van der Waals surface area contributed by atoms with Crippen molar-refractivity contribution >= 4 is 5.97 Å². The second kappa shape index (κ2) is 6.38. The van der Waals surface area contributed by atoms with Gasteiger partial charge in [0.25, 0.3) is 0 Å². The van der Waals surface area contributed by atoms with Crippen LogP contribution in [0.25, 0.3) is 0 Å². The molecule has 0 aromatic heterocycles. The Morgan fingerprint density at radius 3 is 3.16 bits per heavy atom. The Kier molecular flexibility index (Phi) is 4.58. The van der Waals surface area contributed by atoms with E-state index in [1.165, 1.54) is 6.42 Å². The van der Waals surface area contributed by atoms with E-state index < -0.39 is 5.97 Å². The van der Waals surface area contributed by atoms with Gasteiger partial charge in [-0.15, -0.1) is 0 Å². The Labute approximate surface area is 113 Å². The van der Waals surface area contributed by atoms with Crippen molar-refractivity contribution in [2.75, 3.05) is 13.3 Å². The number of hydrogen-bond donors (Lipinski definition) is 0. The number of hydrogen-bond acceptors (Lipinski definition) is 4. The van der Waals surface area contributed by atoms with E-state index in [1.807, 2.05) is 12.1 Å². The summed E-state index contributed by atoms with van der Waals surface area (Å²) < 4.78 is 10.8. The molecule has 4 heteroatoms. The molecule has 2 rings (SSSR count). The van der Waals surface area contributed by atoms with Crippen LogP contribution >= 0.6 is 0 Å². The molecule has 0 saturated carbocycles. The maximum absolute atomic E-state index is 11.2. The van der Waals surface area contributed by atoms with Crippen molar-refractivity contribution in [3.8, 4) is 11.5 Å². The van der Waals surface area contributed by atoms with Crippen molar-refractivity contribution in [3.05, 3.63) is 36.4 Å². The lowest BCUT2D eigenvalue weighted by atomic mass is 10.1. The Hall–Kier alpha value is -1.81. The highest BCUT2D eigenvalue weighted by Crippen LogP contribution is 2.29. The van der Waals surface area contributed by atoms with Crippen molar-refractivity contribution < 1.29 is 14.3 Å². The zero-order valence-electron chi connectivity index (χ0n) is 11.2. The fourth-order valence-corrected chi connectivity index (χ4v) is 2.01. The SMILES string of the molecule is C=CC(=O)Oc1ccc2c(c1)CN(CCCC)CO2. The summed E-state index contributed by atoms with van der Waals surface area (Å²) in [4.78, 5) is 13.4. The molecule has 1 aromatic rings.